The zero-order valence-corrected chi connectivity index (χ0v) is 13.3. The summed E-state index contributed by atoms with van der Waals surface area (Å²) < 4.78 is 7.15. The van der Waals surface area contributed by atoms with E-state index in [9.17, 15) is 0 Å². The Morgan fingerprint density at radius 3 is 2.71 bits per heavy atom. The fraction of sp³-hybridized carbons (Fsp3) is 0.118. The Hall–Kier alpha value is -3.35. The number of rotatable bonds is 5. The van der Waals surface area contributed by atoms with Gasteiger partial charge in [0.1, 0.15) is 18.6 Å². The molecule has 2 aromatic carbocycles. The van der Waals surface area contributed by atoms with Gasteiger partial charge in [-0.1, -0.05) is 30.3 Å². The normalized spacial score (nSPS) is 11.3. The van der Waals surface area contributed by atoms with Crippen LogP contribution in [0.3, 0.4) is 0 Å². The summed E-state index contributed by atoms with van der Waals surface area (Å²) in [6.45, 7) is 0.308. The lowest BCUT2D eigenvalue weighted by molar-refractivity contribution is 0.417. The van der Waals surface area contributed by atoms with E-state index in [1.807, 2.05) is 59.2 Å². The highest BCUT2D eigenvalue weighted by molar-refractivity contribution is 5.93. The number of methoxy groups -OCH3 is 1. The van der Waals surface area contributed by atoms with Gasteiger partial charge in [0.2, 0.25) is 0 Å². The number of ether oxygens (including phenoxy) is 1. The van der Waals surface area contributed by atoms with Crippen LogP contribution in [0.15, 0.2) is 65.9 Å². The smallest absolute Gasteiger partial charge is 0.193 e. The maximum Gasteiger partial charge on any atom is 0.193 e. The van der Waals surface area contributed by atoms with E-state index < -0.39 is 0 Å². The van der Waals surface area contributed by atoms with Gasteiger partial charge in [0, 0.05) is 5.69 Å². The van der Waals surface area contributed by atoms with Crippen LogP contribution in [0, 0.1) is 0 Å². The van der Waals surface area contributed by atoms with Gasteiger partial charge in [-0.15, -0.1) is 10.2 Å². The molecule has 0 saturated carbocycles. The Morgan fingerprint density at radius 1 is 1.17 bits per heavy atom. The van der Waals surface area contributed by atoms with Crippen molar-refractivity contribution in [2.75, 3.05) is 12.4 Å². The lowest BCUT2D eigenvalue weighted by atomic mass is 10.3. The van der Waals surface area contributed by atoms with Crippen molar-refractivity contribution in [1.29, 1.82) is 0 Å². The molecule has 0 aliphatic heterocycles. The van der Waals surface area contributed by atoms with E-state index >= 15 is 0 Å². The molecular formula is C17H18N6O. The number of nitrogens with zero attached hydrogens (tertiary/aromatic N) is 4. The van der Waals surface area contributed by atoms with Crippen molar-refractivity contribution in [3.63, 3.8) is 0 Å². The standard InChI is InChI=1S/C17H18N6O/c1-24-15-10-6-5-9-14(15)21-17(18)19-11-16-22-20-12-23(16)13-7-3-2-4-8-13/h2-10,12H,11H2,1H3,(H3,18,19,21). The Labute approximate surface area is 139 Å². The molecule has 0 amide bonds. The first-order chi connectivity index (χ1) is 11.8. The predicted octanol–water partition coefficient (Wildman–Crippen LogP) is 2.20. The third-order valence-electron chi connectivity index (χ3n) is 3.41. The van der Waals surface area contributed by atoms with Gasteiger partial charge < -0.3 is 15.8 Å². The summed E-state index contributed by atoms with van der Waals surface area (Å²) in [4.78, 5) is 4.33. The van der Waals surface area contributed by atoms with Crippen LogP contribution in [0.1, 0.15) is 5.82 Å². The van der Waals surface area contributed by atoms with Crippen molar-refractivity contribution in [2.45, 2.75) is 6.54 Å². The molecule has 1 heterocycles. The minimum Gasteiger partial charge on any atom is -0.495 e. The number of nitrogens with one attached hydrogen (secondary N) is 1. The molecule has 0 saturated heterocycles. The van der Waals surface area contributed by atoms with E-state index in [1.165, 1.54) is 0 Å². The van der Waals surface area contributed by atoms with E-state index in [4.69, 9.17) is 10.5 Å². The quantitative estimate of drug-likeness (QED) is 0.555. The van der Waals surface area contributed by atoms with Crippen molar-refractivity contribution in [3.05, 3.63) is 66.7 Å². The van der Waals surface area contributed by atoms with Crippen molar-refractivity contribution in [1.82, 2.24) is 14.8 Å². The summed E-state index contributed by atoms with van der Waals surface area (Å²) >= 11 is 0. The van der Waals surface area contributed by atoms with Gasteiger partial charge in [-0.3, -0.25) is 4.57 Å². The summed E-state index contributed by atoms with van der Waals surface area (Å²) in [7, 11) is 1.61. The highest BCUT2D eigenvalue weighted by atomic mass is 16.5. The number of aromatic nitrogens is 3. The fourth-order valence-corrected chi connectivity index (χ4v) is 2.25. The second-order valence-corrected chi connectivity index (χ2v) is 4.98. The molecule has 0 atom stereocenters. The Balaban J connectivity index is 1.73. The number of hydrogen-bond donors (Lipinski definition) is 2. The second-order valence-electron chi connectivity index (χ2n) is 4.98. The molecule has 0 unspecified atom stereocenters. The molecule has 0 radical (unpaired) electrons. The lowest BCUT2D eigenvalue weighted by Gasteiger charge is -2.10. The topological polar surface area (TPSA) is 90.3 Å². The van der Waals surface area contributed by atoms with Crippen molar-refractivity contribution in [2.24, 2.45) is 10.7 Å². The first-order valence-electron chi connectivity index (χ1n) is 7.42. The molecule has 0 bridgehead atoms. The van der Waals surface area contributed by atoms with Crippen LogP contribution in [0.5, 0.6) is 5.75 Å². The van der Waals surface area contributed by atoms with Crippen molar-refractivity contribution < 1.29 is 4.74 Å². The van der Waals surface area contributed by atoms with Crippen LogP contribution in [-0.4, -0.2) is 27.8 Å². The summed E-state index contributed by atoms with van der Waals surface area (Å²) in [5, 5.41) is 11.1. The van der Waals surface area contributed by atoms with E-state index in [-0.39, 0.29) is 5.96 Å². The molecule has 0 fully saturated rings. The fourth-order valence-electron chi connectivity index (χ4n) is 2.25. The van der Waals surface area contributed by atoms with Gasteiger partial charge in [-0.2, -0.15) is 0 Å². The minimum absolute atomic E-state index is 0.280. The van der Waals surface area contributed by atoms with Crippen LogP contribution in [0.2, 0.25) is 0 Å². The summed E-state index contributed by atoms with van der Waals surface area (Å²) in [5.74, 6) is 1.68. The molecule has 3 rings (SSSR count). The zero-order valence-electron chi connectivity index (χ0n) is 13.3. The monoisotopic (exact) mass is 322 g/mol. The molecular weight excluding hydrogens is 304 g/mol. The van der Waals surface area contributed by atoms with Gasteiger partial charge in [0.05, 0.1) is 12.8 Å². The number of nitrogens with two attached hydrogens (primary N) is 1. The number of para-hydroxylation sites is 3. The van der Waals surface area contributed by atoms with Crippen LogP contribution in [0.4, 0.5) is 5.69 Å². The third-order valence-corrected chi connectivity index (χ3v) is 3.41. The maximum absolute atomic E-state index is 5.96. The van der Waals surface area contributed by atoms with Gasteiger partial charge in [0.25, 0.3) is 0 Å². The van der Waals surface area contributed by atoms with Crippen LogP contribution >= 0.6 is 0 Å². The summed E-state index contributed by atoms with van der Waals surface area (Å²) in [6.07, 6.45) is 1.66. The molecule has 7 nitrogen and oxygen atoms in total. The van der Waals surface area contributed by atoms with Crippen molar-refractivity contribution in [3.8, 4) is 11.4 Å². The largest absolute Gasteiger partial charge is 0.495 e. The zero-order chi connectivity index (χ0) is 16.8. The number of benzene rings is 2. The predicted molar refractivity (Wildman–Crippen MR) is 93.3 cm³/mol. The van der Waals surface area contributed by atoms with Gasteiger partial charge >= 0.3 is 0 Å². The van der Waals surface area contributed by atoms with E-state index in [0.717, 1.165) is 11.4 Å². The molecule has 3 N–H and O–H groups in total. The van der Waals surface area contributed by atoms with Gasteiger partial charge in [0.15, 0.2) is 11.8 Å². The average molecular weight is 322 g/mol. The second kappa shape index (κ2) is 7.28. The molecule has 24 heavy (non-hydrogen) atoms. The summed E-state index contributed by atoms with van der Waals surface area (Å²) in [5.41, 5.74) is 7.69. The van der Waals surface area contributed by atoms with Crippen molar-refractivity contribution >= 4 is 11.6 Å². The van der Waals surface area contributed by atoms with Gasteiger partial charge in [-0.05, 0) is 24.3 Å². The minimum atomic E-state index is 0.280. The summed E-state index contributed by atoms with van der Waals surface area (Å²) in [6, 6.07) is 17.3. The van der Waals surface area contributed by atoms with Crippen LogP contribution in [-0.2, 0) is 6.54 Å². The molecule has 3 aromatic rings. The van der Waals surface area contributed by atoms with Gasteiger partial charge in [-0.25, -0.2) is 4.99 Å². The Morgan fingerprint density at radius 2 is 1.92 bits per heavy atom. The van der Waals surface area contributed by atoms with Crippen LogP contribution in [0.25, 0.3) is 5.69 Å². The molecule has 0 spiro atoms. The Bertz CT molecular complexity index is 828. The number of anilines is 1. The number of guanidine groups is 1. The number of hydrogen-bond acceptors (Lipinski definition) is 4. The molecule has 122 valence electrons. The first-order valence-corrected chi connectivity index (χ1v) is 7.42. The average Bonchev–Trinajstić information content (AvgIpc) is 3.10. The Kier molecular flexibility index (Phi) is 4.71. The maximum atomic E-state index is 5.96. The van der Waals surface area contributed by atoms with E-state index in [1.54, 1.807) is 13.4 Å². The van der Waals surface area contributed by atoms with Crippen LogP contribution < -0.4 is 15.8 Å². The highest BCUT2D eigenvalue weighted by Crippen LogP contribution is 2.22. The molecule has 0 aliphatic carbocycles. The third kappa shape index (κ3) is 3.52. The molecule has 7 heteroatoms. The molecule has 0 aliphatic rings. The molecule has 1 aromatic heterocycles. The highest BCUT2D eigenvalue weighted by Gasteiger charge is 2.06. The lowest BCUT2D eigenvalue weighted by Crippen LogP contribution is -2.23. The first kappa shape index (κ1) is 15.5. The van der Waals surface area contributed by atoms with E-state index in [0.29, 0.717) is 18.1 Å². The van der Waals surface area contributed by atoms with E-state index in [2.05, 4.69) is 20.5 Å². The SMILES string of the molecule is COc1ccccc1NC(N)=NCc1nncn1-c1ccccc1. The number of aliphatic imine (C=N–C) groups is 1.